The maximum Gasteiger partial charge on any atom is 0.238 e. The molecule has 0 saturated heterocycles. The Morgan fingerprint density at radius 2 is 0.906 bits per heavy atom. The molecule has 0 saturated carbocycles. The third kappa shape index (κ3) is 5.60. The zero-order chi connectivity index (χ0) is 43.3. The Bertz CT molecular complexity index is 3630. The molecule has 1 atom stereocenters. The topological polar surface area (TPSA) is 48.5 Å². The fraction of sp³-hybridized carbons (Fsp3) is 0.136. The monoisotopic (exact) mass is 825 g/mol. The van der Waals surface area contributed by atoms with Crippen molar-refractivity contribution in [3.05, 3.63) is 199 Å². The van der Waals surface area contributed by atoms with Gasteiger partial charge in [0.1, 0.15) is 0 Å². The molecule has 0 fully saturated rings. The van der Waals surface area contributed by atoms with Crippen LogP contribution in [0.3, 0.4) is 0 Å². The molecule has 5 nitrogen and oxygen atoms in total. The van der Waals surface area contributed by atoms with Crippen LogP contribution in [0.5, 0.6) is 0 Å². The van der Waals surface area contributed by atoms with Crippen LogP contribution in [-0.4, -0.2) is 24.1 Å². The van der Waals surface area contributed by atoms with Crippen LogP contribution in [0, 0.1) is 5.92 Å². The minimum absolute atomic E-state index is 0.0351. The average Bonchev–Trinajstić information content (AvgIpc) is 3.91. The SMILES string of the molecule is CC1C(C)(C)c2ccc(-c3ccccc3-n3c4ccccc4c4ccc5c6ccccc6n(-c6nc(-c7ccccc7)nc(-c7ccccc7-c7ccccc7)n6)c5c43)cc2C1(C)C. The largest absolute Gasteiger partial charge is 0.307 e. The molecule has 12 rings (SSSR count). The maximum atomic E-state index is 5.48. The molecule has 1 aliphatic carbocycles. The van der Waals surface area contributed by atoms with Gasteiger partial charge in [0.2, 0.25) is 5.95 Å². The Morgan fingerprint density at radius 3 is 1.59 bits per heavy atom. The zero-order valence-corrected chi connectivity index (χ0v) is 36.7. The summed E-state index contributed by atoms with van der Waals surface area (Å²) < 4.78 is 4.78. The van der Waals surface area contributed by atoms with Crippen molar-refractivity contribution >= 4 is 43.6 Å². The van der Waals surface area contributed by atoms with E-state index in [-0.39, 0.29) is 10.8 Å². The number of fused-ring (bicyclic) bond motifs is 8. The molecule has 3 heterocycles. The molecular formula is C59H47N5. The average molecular weight is 826 g/mol. The lowest BCUT2D eigenvalue weighted by Gasteiger charge is -2.32. The second kappa shape index (κ2) is 14.2. The Balaban J connectivity index is 1.18. The lowest BCUT2D eigenvalue weighted by atomic mass is 9.71. The first-order valence-electron chi connectivity index (χ1n) is 22.4. The van der Waals surface area contributed by atoms with Crippen LogP contribution < -0.4 is 0 Å². The lowest BCUT2D eigenvalue weighted by Crippen LogP contribution is -2.30. The summed E-state index contributed by atoms with van der Waals surface area (Å²) in [5, 5.41) is 4.62. The maximum absolute atomic E-state index is 5.48. The van der Waals surface area contributed by atoms with Gasteiger partial charge in [0.15, 0.2) is 11.6 Å². The molecule has 11 aromatic rings. The van der Waals surface area contributed by atoms with Crippen LogP contribution in [0.1, 0.15) is 45.7 Å². The highest BCUT2D eigenvalue weighted by molar-refractivity contribution is 6.24. The molecule has 8 aromatic carbocycles. The molecule has 0 amide bonds. The molecule has 0 radical (unpaired) electrons. The number of hydrogen-bond donors (Lipinski definition) is 0. The van der Waals surface area contributed by atoms with Gasteiger partial charge in [-0.25, -0.2) is 4.98 Å². The third-order valence-electron chi connectivity index (χ3n) is 14.6. The second-order valence-corrected chi connectivity index (χ2v) is 18.6. The first-order chi connectivity index (χ1) is 31.2. The van der Waals surface area contributed by atoms with Gasteiger partial charge in [0, 0.05) is 38.2 Å². The van der Waals surface area contributed by atoms with Gasteiger partial charge >= 0.3 is 0 Å². The van der Waals surface area contributed by atoms with E-state index in [0.29, 0.717) is 23.5 Å². The molecule has 0 spiro atoms. The molecule has 1 aliphatic rings. The number of nitrogens with zero attached hydrogens (tertiary/aromatic N) is 5. The Hall–Kier alpha value is -7.63. The highest BCUT2D eigenvalue weighted by Crippen LogP contribution is 2.54. The van der Waals surface area contributed by atoms with Gasteiger partial charge in [-0.3, -0.25) is 4.57 Å². The van der Waals surface area contributed by atoms with Crippen molar-refractivity contribution < 1.29 is 0 Å². The normalized spacial score (nSPS) is 15.4. The fourth-order valence-corrected chi connectivity index (χ4v) is 10.9. The molecule has 3 aromatic heterocycles. The van der Waals surface area contributed by atoms with Crippen LogP contribution in [0.4, 0.5) is 0 Å². The van der Waals surface area contributed by atoms with E-state index in [1.807, 2.05) is 18.2 Å². The first-order valence-corrected chi connectivity index (χ1v) is 22.4. The number of hydrogen-bond acceptors (Lipinski definition) is 3. The van der Waals surface area contributed by atoms with Crippen LogP contribution in [-0.2, 0) is 10.8 Å². The van der Waals surface area contributed by atoms with E-state index >= 15 is 0 Å². The van der Waals surface area contributed by atoms with E-state index in [4.69, 9.17) is 15.0 Å². The standard InChI is InChI=1S/C59H47N5/c1-37-58(2,3)48-35-32-40(36-49(48)59(37,4)5)42-25-14-17-29-50(42)63-51-30-18-15-26-43(51)45-33-34-46-44-27-16-19-31-52(44)64(54(46)53(45)63)57-61-55(39-22-10-7-11-23-39)60-56(62-57)47-28-13-12-24-41(47)38-20-8-6-9-21-38/h6-37H,1-5H3. The summed E-state index contributed by atoms with van der Waals surface area (Å²) in [5.41, 5.74) is 14.9. The number of rotatable bonds is 6. The minimum Gasteiger partial charge on any atom is -0.307 e. The van der Waals surface area contributed by atoms with Crippen molar-refractivity contribution in [3.63, 3.8) is 0 Å². The van der Waals surface area contributed by atoms with E-state index in [9.17, 15) is 0 Å². The summed E-state index contributed by atoms with van der Waals surface area (Å²) in [6.07, 6.45) is 0. The molecule has 0 bridgehead atoms. The smallest absolute Gasteiger partial charge is 0.238 e. The summed E-state index contributed by atoms with van der Waals surface area (Å²) in [6, 6.07) is 67.4. The van der Waals surface area contributed by atoms with Gasteiger partial charge in [0.25, 0.3) is 0 Å². The van der Waals surface area contributed by atoms with Gasteiger partial charge in [-0.2, -0.15) is 9.97 Å². The van der Waals surface area contributed by atoms with Gasteiger partial charge in [0.05, 0.1) is 27.8 Å². The molecular weight excluding hydrogens is 779 g/mol. The Morgan fingerprint density at radius 1 is 0.391 bits per heavy atom. The van der Waals surface area contributed by atoms with Crippen molar-refractivity contribution in [2.24, 2.45) is 5.92 Å². The summed E-state index contributed by atoms with van der Waals surface area (Å²) in [5.74, 6) is 2.29. The number of benzene rings is 8. The summed E-state index contributed by atoms with van der Waals surface area (Å²) in [6.45, 7) is 12.1. The zero-order valence-electron chi connectivity index (χ0n) is 36.7. The van der Waals surface area contributed by atoms with Gasteiger partial charge in [-0.1, -0.05) is 204 Å². The van der Waals surface area contributed by atoms with Crippen molar-refractivity contribution in [3.8, 4) is 56.7 Å². The third-order valence-corrected chi connectivity index (χ3v) is 14.6. The number of para-hydroxylation sites is 3. The Kier molecular flexibility index (Phi) is 8.45. The van der Waals surface area contributed by atoms with Crippen LogP contribution in [0.25, 0.3) is 100 Å². The predicted octanol–water partition coefficient (Wildman–Crippen LogP) is 14.9. The number of aromatic nitrogens is 5. The van der Waals surface area contributed by atoms with Gasteiger partial charge < -0.3 is 4.57 Å². The van der Waals surface area contributed by atoms with E-state index in [1.165, 1.54) is 33.0 Å². The van der Waals surface area contributed by atoms with E-state index in [1.54, 1.807) is 0 Å². The molecule has 0 N–H and O–H groups in total. The second-order valence-electron chi connectivity index (χ2n) is 18.6. The summed E-state index contributed by atoms with van der Waals surface area (Å²) in [7, 11) is 0. The van der Waals surface area contributed by atoms with Crippen LogP contribution in [0.2, 0.25) is 0 Å². The Labute approximate surface area is 373 Å². The molecule has 1 unspecified atom stereocenters. The quantitative estimate of drug-likeness (QED) is 0.168. The molecule has 64 heavy (non-hydrogen) atoms. The van der Waals surface area contributed by atoms with Crippen molar-refractivity contribution in [2.75, 3.05) is 0 Å². The van der Waals surface area contributed by atoms with Crippen molar-refractivity contribution in [1.29, 1.82) is 0 Å². The lowest BCUT2D eigenvalue weighted by molar-refractivity contribution is 0.264. The highest BCUT2D eigenvalue weighted by atomic mass is 15.2. The van der Waals surface area contributed by atoms with E-state index < -0.39 is 0 Å². The van der Waals surface area contributed by atoms with E-state index in [0.717, 1.165) is 60.8 Å². The molecule has 308 valence electrons. The van der Waals surface area contributed by atoms with Gasteiger partial charge in [-0.05, 0) is 62.8 Å². The van der Waals surface area contributed by atoms with Crippen molar-refractivity contribution in [1.82, 2.24) is 24.1 Å². The van der Waals surface area contributed by atoms with Crippen LogP contribution in [0.15, 0.2) is 188 Å². The minimum atomic E-state index is 0.0351. The predicted molar refractivity (Wildman–Crippen MR) is 265 cm³/mol. The first kappa shape index (κ1) is 38.1. The van der Waals surface area contributed by atoms with Crippen LogP contribution >= 0.6 is 0 Å². The van der Waals surface area contributed by atoms with Crippen molar-refractivity contribution in [2.45, 2.75) is 45.4 Å². The summed E-state index contributed by atoms with van der Waals surface area (Å²) >= 11 is 0. The molecule has 5 heteroatoms. The fourth-order valence-electron chi connectivity index (χ4n) is 10.9. The highest BCUT2D eigenvalue weighted by Gasteiger charge is 2.48. The van der Waals surface area contributed by atoms with E-state index in [2.05, 4.69) is 214 Å². The van der Waals surface area contributed by atoms with Gasteiger partial charge in [-0.15, -0.1) is 0 Å². The summed E-state index contributed by atoms with van der Waals surface area (Å²) in [4.78, 5) is 16.1. The molecule has 0 aliphatic heterocycles.